The highest BCUT2D eigenvalue weighted by molar-refractivity contribution is 8.14. The third kappa shape index (κ3) is 2.20. The van der Waals surface area contributed by atoms with Crippen LogP contribution in [-0.4, -0.2) is 25.7 Å². The van der Waals surface area contributed by atoms with E-state index in [1.165, 1.54) is 7.11 Å². The Labute approximate surface area is 94.4 Å². The molecule has 78 valence electrons. The summed E-state index contributed by atoms with van der Waals surface area (Å²) in [5.41, 5.74) is 0. The van der Waals surface area contributed by atoms with Crippen LogP contribution in [0.1, 0.15) is 0 Å². The smallest absolute Gasteiger partial charge is 0.268 e. The van der Waals surface area contributed by atoms with Gasteiger partial charge in [0.2, 0.25) is 0 Å². The molecule has 0 fully saturated rings. The lowest BCUT2D eigenvalue weighted by molar-refractivity contribution is 0.399. The van der Waals surface area contributed by atoms with Crippen LogP contribution in [0.25, 0.3) is 0 Å². The predicted molar refractivity (Wildman–Crippen MR) is 51.6 cm³/mol. The molecule has 0 saturated heterocycles. The Hall–Kier alpha value is -0.300. The molecule has 1 heterocycles. The van der Waals surface area contributed by atoms with E-state index in [1.807, 2.05) is 0 Å². The van der Waals surface area contributed by atoms with Crippen molar-refractivity contribution < 1.29 is 13.2 Å². The lowest BCUT2D eigenvalue weighted by Crippen LogP contribution is -2.01. The fraction of sp³-hybridized carbons (Fsp3) is 0.200. The molecule has 0 aromatic carbocycles. The van der Waals surface area contributed by atoms with Gasteiger partial charge in [-0.05, 0) is 0 Å². The van der Waals surface area contributed by atoms with E-state index >= 15 is 0 Å². The van der Waals surface area contributed by atoms with Crippen LogP contribution in [0, 0.1) is 0 Å². The Morgan fingerprint density at radius 2 is 1.71 bits per heavy atom. The predicted octanol–water partition coefficient (Wildman–Crippen LogP) is 1.72. The van der Waals surface area contributed by atoms with E-state index in [-0.39, 0.29) is 16.1 Å². The molecule has 14 heavy (non-hydrogen) atoms. The highest BCUT2D eigenvalue weighted by atomic mass is 35.7. The number of aromatic nitrogens is 2. The first-order valence-corrected chi connectivity index (χ1v) is 6.14. The van der Waals surface area contributed by atoms with Crippen molar-refractivity contribution in [1.82, 2.24) is 10.2 Å². The maximum atomic E-state index is 11.1. The van der Waals surface area contributed by atoms with E-state index in [0.717, 1.165) is 0 Å². The maximum absolute atomic E-state index is 11.1. The Bertz CT molecular complexity index is 462. The molecular weight excluding hydrogens is 274 g/mol. The first-order valence-electron chi connectivity index (χ1n) is 3.08. The van der Waals surface area contributed by atoms with E-state index in [1.54, 1.807) is 0 Å². The largest absolute Gasteiger partial charge is 0.492 e. The van der Waals surface area contributed by atoms with Gasteiger partial charge in [-0.2, -0.15) is 0 Å². The fourth-order valence-electron chi connectivity index (χ4n) is 0.754. The second kappa shape index (κ2) is 4.06. The van der Waals surface area contributed by atoms with Crippen LogP contribution in [0.2, 0.25) is 10.3 Å². The summed E-state index contributed by atoms with van der Waals surface area (Å²) in [5.74, 6) is -0.221. The highest BCUT2D eigenvalue weighted by Gasteiger charge is 2.25. The Morgan fingerprint density at radius 3 is 2.07 bits per heavy atom. The molecule has 1 aromatic heterocycles. The van der Waals surface area contributed by atoms with Crippen LogP contribution in [0.4, 0.5) is 0 Å². The van der Waals surface area contributed by atoms with Gasteiger partial charge in [-0.3, -0.25) is 0 Å². The van der Waals surface area contributed by atoms with E-state index in [9.17, 15) is 8.42 Å². The zero-order valence-electron chi connectivity index (χ0n) is 6.66. The van der Waals surface area contributed by atoms with Gasteiger partial charge in [-0.1, -0.05) is 23.2 Å². The van der Waals surface area contributed by atoms with Crippen LogP contribution < -0.4 is 4.74 Å². The van der Waals surface area contributed by atoms with Gasteiger partial charge in [0.25, 0.3) is 9.05 Å². The number of ether oxygens (including phenoxy) is 1. The topological polar surface area (TPSA) is 69.2 Å². The van der Waals surface area contributed by atoms with Gasteiger partial charge in [-0.25, -0.2) is 8.42 Å². The molecule has 0 saturated carbocycles. The zero-order valence-corrected chi connectivity index (χ0v) is 9.75. The van der Waals surface area contributed by atoms with Gasteiger partial charge >= 0.3 is 0 Å². The second-order valence-corrected chi connectivity index (χ2v) is 5.30. The molecule has 0 atom stereocenters. The lowest BCUT2D eigenvalue weighted by Gasteiger charge is -2.06. The molecule has 0 amide bonds. The molecular formula is C5H3Cl3N2O3S. The van der Waals surface area contributed by atoms with Crippen molar-refractivity contribution in [3.05, 3.63) is 10.3 Å². The van der Waals surface area contributed by atoms with Crippen molar-refractivity contribution in [2.75, 3.05) is 7.11 Å². The number of nitrogens with zero attached hydrogens (tertiary/aromatic N) is 2. The molecule has 5 nitrogen and oxygen atoms in total. The molecule has 0 spiro atoms. The van der Waals surface area contributed by atoms with Crippen LogP contribution in [0.3, 0.4) is 0 Å². The molecule has 9 heteroatoms. The normalized spacial score (nSPS) is 11.4. The summed E-state index contributed by atoms with van der Waals surface area (Å²) in [7, 11) is 2.24. The number of methoxy groups -OCH3 is 1. The van der Waals surface area contributed by atoms with Crippen LogP contribution in [0.15, 0.2) is 4.90 Å². The summed E-state index contributed by atoms with van der Waals surface area (Å²) in [5, 5.41) is 6.04. The van der Waals surface area contributed by atoms with E-state index < -0.39 is 13.9 Å². The van der Waals surface area contributed by atoms with Gasteiger partial charge in [0.1, 0.15) is 0 Å². The van der Waals surface area contributed by atoms with Crippen molar-refractivity contribution in [3.63, 3.8) is 0 Å². The third-order valence-electron chi connectivity index (χ3n) is 1.25. The molecule has 0 aliphatic carbocycles. The van der Waals surface area contributed by atoms with Gasteiger partial charge < -0.3 is 4.74 Å². The second-order valence-electron chi connectivity index (χ2n) is 2.08. The molecule has 0 N–H and O–H groups in total. The number of halogens is 3. The minimum Gasteiger partial charge on any atom is -0.492 e. The molecule has 1 aromatic rings. The van der Waals surface area contributed by atoms with E-state index in [0.29, 0.717) is 0 Å². The molecule has 0 unspecified atom stereocenters. The van der Waals surface area contributed by atoms with Crippen LogP contribution in [0.5, 0.6) is 5.75 Å². The fourth-order valence-corrected chi connectivity index (χ4v) is 2.64. The number of hydrogen-bond acceptors (Lipinski definition) is 5. The summed E-state index contributed by atoms with van der Waals surface area (Å²) in [4.78, 5) is -0.483. The minimum atomic E-state index is -4.07. The van der Waals surface area contributed by atoms with Crippen molar-refractivity contribution in [2.45, 2.75) is 4.90 Å². The first kappa shape index (κ1) is 11.8. The van der Waals surface area contributed by atoms with E-state index in [4.69, 9.17) is 38.6 Å². The number of hydrogen-bond donors (Lipinski definition) is 0. The number of rotatable bonds is 2. The average Bonchev–Trinajstić information content (AvgIpc) is 2.06. The summed E-state index contributed by atoms with van der Waals surface area (Å²) >= 11 is 11.0. The maximum Gasteiger partial charge on any atom is 0.268 e. The lowest BCUT2D eigenvalue weighted by atomic mass is 10.5. The molecule has 0 aliphatic rings. The van der Waals surface area contributed by atoms with Gasteiger partial charge in [0, 0.05) is 10.7 Å². The average molecular weight is 278 g/mol. The van der Waals surface area contributed by atoms with Gasteiger partial charge in [0.15, 0.2) is 21.0 Å². The Balaban J connectivity index is 3.63. The summed E-state index contributed by atoms with van der Waals surface area (Å²) in [6.45, 7) is 0. The summed E-state index contributed by atoms with van der Waals surface area (Å²) < 4.78 is 26.8. The minimum absolute atomic E-state index is 0.221. The Morgan fingerprint density at radius 1 is 1.21 bits per heavy atom. The first-order chi connectivity index (χ1) is 6.38. The molecule has 1 rings (SSSR count). The SMILES string of the molecule is COc1c(Cl)nnc(Cl)c1S(=O)(=O)Cl. The molecule has 0 aliphatic heterocycles. The standard InChI is InChI=1S/C5H3Cl3N2O3S/c1-13-2-3(14(8,11)12)5(7)10-9-4(2)6/h1H3. The van der Waals surface area contributed by atoms with Gasteiger partial charge in [0.05, 0.1) is 7.11 Å². The third-order valence-corrected chi connectivity index (χ3v) is 3.21. The van der Waals surface area contributed by atoms with Crippen LogP contribution in [-0.2, 0) is 9.05 Å². The van der Waals surface area contributed by atoms with E-state index in [2.05, 4.69) is 10.2 Å². The zero-order chi connectivity index (χ0) is 10.9. The van der Waals surface area contributed by atoms with Gasteiger partial charge in [-0.15, -0.1) is 10.2 Å². The Kier molecular flexibility index (Phi) is 3.41. The van der Waals surface area contributed by atoms with Crippen molar-refractivity contribution in [2.24, 2.45) is 0 Å². The highest BCUT2D eigenvalue weighted by Crippen LogP contribution is 2.35. The monoisotopic (exact) mass is 276 g/mol. The van der Waals surface area contributed by atoms with Crippen LogP contribution >= 0.6 is 33.9 Å². The quantitative estimate of drug-likeness (QED) is 0.770. The molecule has 0 radical (unpaired) electrons. The van der Waals surface area contributed by atoms with Crippen molar-refractivity contribution in [3.8, 4) is 5.75 Å². The summed E-state index contributed by atoms with van der Waals surface area (Å²) in [6.07, 6.45) is 0. The van der Waals surface area contributed by atoms with Crippen molar-refractivity contribution >= 4 is 42.9 Å². The molecule has 0 bridgehead atoms. The summed E-state index contributed by atoms with van der Waals surface area (Å²) in [6, 6.07) is 0. The van der Waals surface area contributed by atoms with Crippen molar-refractivity contribution in [1.29, 1.82) is 0 Å².